The van der Waals surface area contributed by atoms with Gasteiger partial charge >= 0.3 is 0 Å². The molecule has 0 spiro atoms. The van der Waals surface area contributed by atoms with Crippen LogP contribution in [0.5, 0.6) is 0 Å². The van der Waals surface area contributed by atoms with Gasteiger partial charge in [-0.25, -0.2) is 0 Å². The van der Waals surface area contributed by atoms with Crippen molar-refractivity contribution in [2.75, 3.05) is 5.32 Å². The Morgan fingerprint density at radius 3 is 2.52 bits per heavy atom. The van der Waals surface area contributed by atoms with E-state index in [1.54, 1.807) is 30.3 Å². The van der Waals surface area contributed by atoms with Crippen LogP contribution in [0.2, 0.25) is 10.0 Å². The van der Waals surface area contributed by atoms with Gasteiger partial charge in [0, 0.05) is 11.3 Å². The third-order valence-corrected chi connectivity index (χ3v) is 4.17. The van der Waals surface area contributed by atoms with Gasteiger partial charge in [0.05, 0.1) is 10.0 Å². The minimum absolute atomic E-state index is 0.231. The van der Waals surface area contributed by atoms with Gasteiger partial charge in [0.2, 0.25) is 0 Å². The number of carbonyl (C=O) groups is 1. The van der Waals surface area contributed by atoms with Crippen molar-refractivity contribution in [1.82, 2.24) is 0 Å². The van der Waals surface area contributed by atoms with Crippen LogP contribution < -0.4 is 5.32 Å². The molecule has 2 aromatic carbocycles. The maximum absolute atomic E-state index is 12.3. The van der Waals surface area contributed by atoms with Gasteiger partial charge in [0.15, 0.2) is 5.76 Å². The molecule has 3 aromatic rings. The van der Waals surface area contributed by atoms with E-state index >= 15 is 0 Å². The second-order valence-corrected chi connectivity index (χ2v) is 5.88. The molecule has 1 heterocycles. The lowest BCUT2D eigenvalue weighted by Crippen LogP contribution is -2.11. The fraction of sp³-hybridized carbons (Fsp3) is 0.0556. The molecule has 0 radical (unpaired) electrons. The Morgan fingerprint density at radius 2 is 1.78 bits per heavy atom. The molecule has 0 saturated heterocycles. The first-order chi connectivity index (χ1) is 11.0. The van der Waals surface area contributed by atoms with Crippen molar-refractivity contribution < 1.29 is 9.21 Å². The Kier molecular flexibility index (Phi) is 4.42. The summed E-state index contributed by atoms with van der Waals surface area (Å²) in [6.45, 7) is 1.93. The molecule has 0 aliphatic heterocycles. The van der Waals surface area contributed by atoms with Crippen LogP contribution in [-0.2, 0) is 0 Å². The fourth-order valence-corrected chi connectivity index (χ4v) is 2.46. The molecule has 0 saturated carbocycles. The Morgan fingerprint density at radius 1 is 1.00 bits per heavy atom. The predicted molar refractivity (Wildman–Crippen MR) is 93.3 cm³/mol. The van der Waals surface area contributed by atoms with Gasteiger partial charge in [-0.3, -0.25) is 4.79 Å². The minimum Gasteiger partial charge on any atom is -0.451 e. The van der Waals surface area contributed by atoms with E-state index in [0.717, 1.165) is 16.8 Å². The number of rotatable bonds is 3. The number of aryl methyl sites for hydroxylation is 1. The number of hydrogen-bond acceptors (Lipinski definition) is 2. The van der Waals surface area contributed by atoms with Crippen LogP contribution in [0.15, 0.2) is 59.0 Å². The maximum atomic E-state index is 12.3. The number of para-hydroxylation sites is 1. The highest BCUT2D eigenvalue weighted by Crippen LogP contribution is 2.29. The van der Waals surface area contributed by atoms with Gasteiger partial charge in [-0.05, 0) is 48.9 Å². The summed E-state index contributed by atoms with van der Waals surface area (Å²) in [5, 5.41) is 3.74. The summed E-state index contributed by atoms with van der Waals surface area (Å²) in [5.74, 6) is 0.485. The lowest BCUT2D eigenvalue weighted by Gasteiger charge is -2.06. The van der Waals surface area contributed by atoms with Crippen LogP contribution in [-0.4, -0.2) is 5.91 Å². The van der Waals surface area contributed by atoms with Crippen molar-refractivity contribution in [2.24, 2.45) is 0 Å². The van der Waals surface area contributed by atoms with Crippen molar-refractivity contribution in [3.8, 4) is 11.3 Å². The molecule has 0 fully saturated rings. The zero-order valence-corrected chi connectivity index (χ0v) is 13.8. The first-order valence-corrected chi connectivity index (χ1v) is 7.72. The highest BCUT2D eigenvalue weighted by molar-refractivity contribution is 6.42. The maximum Gasteiger partial charge on any atom is 0.291 e. The molecule has 0 aliphatic rings. The van der Waals surface area contributed by atoms with Gasteiger partial charge in [-0.15, -0.1) is 0 Å². The summed E-state index contributed by atoms with van der Waals surface area (Å²) < 4.78 is 5.62. The van der Waals surface area contributed by atoms with Crippen LogP contribution in [0.3, 0.4) is 0 Å². The summed E-state index contributed by atoms with van der Waals surface area (Å²) in [7, 11) is 0. The summed E-state index contributed by atoms with van der Waals surface area (Å²) in [6.07, 6.45) is 0. The molecule has 1 amide bonds. The number of amides is 1. The largest absolute Gasteiger partial charge is 0.451 e. The Balaban J connectivity index is 1.82. The molecule has 0 aliphatic carbocycles. The van der Waals surface area contributed by atoms with E-state index in [1.807, 2.05) is 31.2 Å². The SMILES string of the molecule is Cc1ccccc1NC(=O)c1ccc(-c2ccc(Cl)c(Cl)c2)o1. The molecule has 1 N–H and O–H groups in total. The first kappa shape index (κ1) is 15.7. The normalized spacial score (nSPS) is 10.6. The van der Waals surface area contributed by atoms with E-state index in [4.69, 9.17) is 27.6 Å². The van der Waals surface area contributed by atoms with Crippen LogP contribution in [0.4, 0.5) is 5.69 Å². The molecular weight excluding hydrogens is 333 g/mol. The highest BCUT2D eigenvalue weighted by atomic mass is 35.5. The summed E-state index contributed by atoms with van der Waals surface area (Å²) >= 11 is 11.9. The number of carbonyl (C=O) groups excluding carboxylic acids is 1. The second-order valence-electron chi connectivity index (χ2n) is 5.06. The zero-order chi connectivity index (χ0) is 16.4. The first-order valence-electron chi connectivity index (χ1n) is 6.97. The van der Waals surface area contributed by atoms with Crippen molar-refractivity contribution in [1.29, 1.82) is 0 Å². The number of halogens is 2. The van der Waals surface area contributed by atoms with Crippen LogP contribution >= 0.6 is 23.2 Å². The van der Waals surface area contributed by atoms with Gasteiger partial charge in [0.1, 0.15) is 5.76 Å². The number of hydrogen-bond donors (Lipinski definition) is 1. The second kappa shape index (κ2) is 6.49. The van der Waals surface area contributed by atoms with Crippen LogP contribution in [0, 0.1) is 6.92 Å². The standard InChI is InChI=1S/C18H13Cl2NO2/c1-11-4-2-3-5-15(11)21-18(22)17-9-8-16(23-17)12-6-7-13(19)14(20)10-12/h2-10H,1H3,(H,21,22). The van der Waals surface area contributed by atoms with E-state index in [-0.39, 0.29) is 11.7 Å². The monoisotopic (exact) mass is 345 g/mol. The zero-order valence-electron chi connectivity index (χ0n) is 12.3. The predicted octanol–water partition coefficient (Wildman–Crippen LogP) is 5.81. The molecule has 3 nitrogen and oxygen atoms in total. The molecule has 116 valence electrons. The lowest BCUT2D eigenvalue weighted by molar-refractivity contribution is 0.0997. The van der Waals surface area contributed by atoms with Gasteiger partial charge in [-0.1, -0.05) is 41.4 Å². The Hall–Kier alpha value is -2.23. The molecule has 0 unspecified atom stereocenters. The molecular formula is C18H13Cl2NO2. The van der Waals surface area contributed by atoms with E-state index in [1.165, 1.54) is 0 Å². The van der Waals surface area contributed by atoms with Crippen LogP contribution in [0.25, 0.3) is 11.3 Å². The van der Waals surface area contributed by atoms with E-state index < -0.39 is 0 Å². The average Bonchev–Trinajstić information content (AvgIpc) is 3.02. The van der Waals surface area contributed by atoms with Crippen molar-refractivity contribution >= 4 is 34.8 Å². The smallest absolute Gasteiger partial charge is 0.291 e. The summed E-state index contributed by atoms with van der Waals surface area (Å²) in [6, 6.07) is 16.1. The quantitative estimate of drug-likeness (QED) is 0.650. The average molecular weight is 346 g/mol. The molecule has 1 aromatic heterocycles. The highest BCUT2D eigenvalue weighted by Gasteiger charge is 2.14. The van der Waals surface area contributed by atoms with Crippen LogP contribution in [0.1, 0.15) is 16.1 Å². The number of furan rings is 1. The number of benzene rings is 2. The van der Waals surface area contributed by atoms with Gasteiger partial charge in [-0.2, -0.15) is 0 Å². The Labute approximate surface area is 143 Å². The summed E-state index contributed by atoms with van der Waals surface area (Å²) in [5.41, 5.74) is 2.50. The summed E-state index contributed by atoms with van der Waals surface area (Å²) in [4.78, 5) is 12.3. The third kappa shape index (κ3) is 3.41. The minimum atomic E-state index is -0.300. The van der Waals surface area contributed by atoms with Crippen molar-refractivity contribution in [3.05, 3.63) is 76.0 Å². The molecule has 5 heteroatoms. The topological polar surface area (TPSA) is 42.2 Å². The van der Waals surface area contributed by atoms with Crippen molar-refractivity contribution in [2.45, 2.75) is 6.92 Å². The number of nitrogens with one attached hydrogen (secondary N) is 1. The fourth-order valence-electron chi connectivity index (χ4n) is 2.16. The van der Waals surface area contributed by atoms with Crippen molar-refractivity contribution in [3.63, 3.8) is 0 Å². The number of anilines is 1. The Bertz CT molecular complexity index is 871. The van der Waals surface area contributed by atoms with E-state index in [9.17, 15) is 4.79 Å². The molecule has 3 rings (SSSR count). The lowest BCUT2D eigenvalue weighted by atomic mass is 10.2. The molecule has 0 atom stereocenters. The third-order valence-electron chi connectivity index (χ3n) is 3.43. The molecule has 23 heavy (non-hydrogen) atoms. The molecule has 0 bridgehead atoms. The van der Waals surface area contributed by atoms with E-state index in [0.29, 0.717) is 15.8 Å². The van der Waals surface area contributed by atoms with E-state index in [2.05, 4.69) is 5.32 Å². The van der Waals surface area contributed by atoms with Gasteiger partial charge < -0.3 is 9.73 Å². The van der Waals surface area contributed by atoms with Gasteiger partial charge in [0.25, 0.3) is 5.91 Å².